The van der Waals surface area contributed by atoms with Crippen molar-refractivity contribution in [3.8, 4) is 16.9 Å². The first-order chi connectivity index (χ1) is 18.2. The van der Waals surface area contributed by atoms with E-state index < -0.39 is 17.5 Å². The summed E-state index contributed by atoms with van der Waals surface area (Å²) in [5.41, 5.74) is 2.07. The molecule has 0 bridgehead atoms. The number of benzene rings is 1. The van der Waals surface area contributed by atoms with E-state index in [0.717, 1.165) is 5.69 Å². The van der Waals surface area contributed by atoms with Crippen molar-refractivity contribution in [3.63, 3.8) is 0 Å². The van der Waals surface area contributed by atoms with Crippen molar-refractivity contribution in [2.24, 2.45) is 7.05 Å². The van der Waals surface area contributed by atoms with Gasteiger partial charge in [0.05, 0.1) is 30.1 Å². The van der Waals surface area contributed by atoms with Crippen LogP contribution in [0.2, 0.25) is 0 Å². The van der Waals surface area contributed by atoms with Gasteiger partial charge in [0.15, 0.2) is 0 Å². The van der Waals surface area contributed by atoms with Crippen molar-refractivity contribution in [1.82, 2.24) is 30.0 Å². The molecule has 12 heteroatoms. The van der Waals surface area contributed by atoms with Crippen molar-refractivity contribution in [1.29, 1.82) is 0 Å². The first-order valence-corrected chi connectivity index (χ1v) is 12.3. The number of hydrogen-bond acceptors (Lipinski definition) is 7. The molecule has 3 aromatic rings. The normalized spacial score (nSPS) is 17.4. The van der Waals surface area contributed by atoms with Gasteiger partial charge >= 0.3 is 6.03 Å². The van der Waals surface area contributed by atoms with E-state index >= 15 is 0 Å². The average Bonchev–Trinajstić information content (AvgIpc) is 3.42. The van der Waals surface area contributed by atoms with E-state index in [2.05, 4.69) is 16.0 Å². The number of ether oxygens (including phenoxy) is 1. The number of aromatic nitrogens is 3. The van der Waals surface area contributed by atoms with Gasteiger partial charge in [-0.2, -0.15) is 10.2 Å². The summed E-state index contributed by atoms with van der Waals surface area (Å²) < 4.78 is 8.09. The van der Waals surface area contributed by atoms with Crippen molar-refractivity contribution < 1.29 is 19.2 Å². The molecule has 1 aliphatic rings. The fourth-order valence-corrected chi connectivity index (χ4v) is 4.34. The zero-order valence-electron chi connectivity index (χ0n) is 22.1. The third-order valence-corrected chi connectivity index (χ3v) is 6.43. The number of aryl methyl sites for hydroxylation is 1. The summed E-state index contributed by atoms with van der Waals surface area (Å²) in [6.07, 6.45) is 1.41. The van der Waals surface area contributed by atoms with E-state index in [1.165, 1.54) is 17.7 Å². The summed E-state index contributed by atoms with van der Waals surface area (Å²) in [4.78, 5) is 43.8. The Balaban J connectivity index is 1.67. The first-order valence-electron chi connectivity index (χ1n) is 12.3. The summed E-state index contributed by atoms with van der Waals surface area (Å²) >= 11 is 0. The summed E-state index contributed by atoms with van der Waals surface area (Å²) in [6, 6.07) is 10.3. The second kappa shape index (κ2) is 11.6. The molecule has 0 radical (unpaired) electrons. The van der Waals surface area contributed by atoms with Crippen LogP contribution in [0.3, 0.4) is 0 Å². The number of carbonyl (C=O) groups excluding carboxylic acids is 2. The molecule has 1 fully saturated rings. The molecule has 1 aliphatic heterocycles. The molecule has 0 spiro atoms. The molecule has 4 rings (SSSR count). The van der Waals surface area contributed by atoms with Gasteiger partial charge < -0.3 is 19.9 Å². The van der Waals surface area contributed by atoms with Crippen LogP contribution in [0.4, 0.5) is 10.6 Å². The van der Waals surface area contributed by atoms with E-state index in [-0.39, 0.29) is 17.7 Å². The molecule has 3 heterocycles. The Labute approximate surface area is 220 Å². The minimum atomic E-state index is -0.488. The Morgan fingerprint density at radius 2 is 1.97 bits per heavy atom. The molecule has 202 valence electrons. The van der Waals surface area contributed by atoms with E-state index in [1.54, 1.807) is 30.1 Å². The van der Waals surface area contributed by atoms with Crippen LogP contribution in [0.1, 0.15) is 22.8 Å². The van der Waals surface area contributed by atoms with Crippen LogP contribution in [0.5, 0.6) is 0 Å². The van der Waals surface area contributed by atoms with Gasteiger partial charge in [0.25, 0.3) is 11.5 Å². The lowest BCUT2D eigenvalue weighted by Gasteiger charge is -2.16. The second-order valence-electron chi connectivity index (χ2n) is 9.10. The second-order valence-corrected chi connectivity index (χ2v) is 9.10. The summed E-state index contributed by atoms with van der Waals surface area (Å²) in [6.45, 7) is 5.38. The van der Waals surface area contributed by atoms with Crippen molar-refractivity contribution >= 4 is 17.8 Å². The third kappa shape index (κ3) is 5.62. The van der Waals surface area contributed by atoms with Crippen LogP contribution < -0.4 is 21.5 Å². The van der Waals surface area contributed by atoms with Crippen molar-refractivity contribution in [2.75, 3.05) is 39.2 Å². The molecule has 1 saturated heterocycles. The molecule has 12 nitrogen and oxygen atoms in total. The van der Waals surface area contributed by atoms with Gasteiger partial charge in [-0.05, 0) is 32.0 Å². The number of nitrogens with zero attached hydrogens (tertiary/aromatic N) is 4. The lowest BCUT2D eigenvalue weighted by atomic mass is 10.1. The topological polar surface area (TPSA) is 132 Å². The van der Waals surface area contributed by atoms with Gasteiger partial charge in [-0.25, -0.2) is 9.48 Å². The molecule has 0 unspecified atom stereocenters. The molecule has 38 heavy (non-hydrogen) atoms. The fourth-order valence-electron chi connectivity index (χ4n) is 4.34. The smallest absolute Gasteiger partial charge is 0.320 e. The number of hydroxylamine groups is 2. The zero-order chi connectivity index (χ0) is 27.4. The van der Waals surface area contributed by atoms with Crippen LogP contribution in [0.15, 0.2) is 47.4 Å². The number of hydrogen-bond donors (Lipinski definition) is 3. The molecular weight excluding hydrogens is 490 g/mol. The number of urea groups is 1. The highest BCUT2D eigenvalue weighted by Crippen LogP contribution is 2.30. The number of pyridine rings is 1. The summed E-state index contributed by atoms with van der Waals surface area (Å²) in [5, 5.41) is 15.0. The van der Waals surface area contributed by atoms with Crippen LogP contribution in [0.25, 0.3) is 16.9 Å². The van der Waals surface area contributed by atoms with E-state index in [0.29, 0.717) is 42.3 Å². The minimum Gasteiger partial charge on any atom is -0.383 e. The molecule has 2 atom stereocenters. The molecule has 3 N–H and O–H groups in total. The molecule has 3 amide bonds. The Morgan fingerprint density at radius 1 is 1.24 bits per heavy atom. The van der Waals surface area contributed by atoms with Crippen LogP contribution in [-0.4, -0.2) is 77.3 Å². The van der Waals surface area contributed by atoms with Crippen molar-refractivity contribution in [3.05, 3.63) is 64.1 Å². The maximum absolute atomic E-state index is 13.1. The monoisotopic (exact) mass is 523 g/mol. The molecule has 0 aliphatic carbocycles. The molecule has 1 aromatic carbocycles. The highest BCUT2D eigenvalue weighted by Gasteiger charge is 2.32. The SMILES string of the molecule is CNC(=O)c1cc(-c2nn(-c3ccccc3)c(NC(=O)N[C@@H]3CN(CCOC)O[C@H]3C)c2C)cn(C)c1=O. The molecule has 0 saturated carbocycles. The predicted molar refractivity (Wildman–Crippen MR) is 142 cm³/mol. The van der Waals surface area contributed by atoms with Crippen LogP contribution in [0, 0.1) is 6.92 Å². The number of methoxy groups -OCH3 is 1. The number of amides is 3. The van der Waals surface area contributed by atoms with E-state index in [1.807, 2.05) is 44.2 Å². The summed E-state index contributed by atoms with van der Waals surface area (Å²) in [7, 11) is 4.68. The summed E-state index contributed by atoms with van der Waals surface area (Å²) in [5.74, 6) is -0.0281. The fraction of sp³-hybridized carbons (Fsp3) is 0.385. The molecule has 2 aromatic heterocycles. The number of nitrogens with one attached hydrogen (secondary N) is 3. The van der Waals surface area contributed by atoms with Crippen LogP contribution in [-0.2, 0) is 16.6 Å². The van der Waals surface area contributed by atoms with Gasteiger partial charge in [-0.3, -0.25) is 19.7 Å². The Kier molecular flexibility index (Phi) is 8.25. The van der Waals surface area contributed by atoms with Gasteiger partial charge in [0, 0.05) is 51.6 Å². The van der Waals surface area contributed by atoms with Gasteiger partial charge in [-0.1, -0.05) is 18.2 Å². The largest absolute Gasteiger partial charge is 0.383 e. The van der Waals surface area contributed by atoms with Gasteiger partial charge in [-0.15, -0.1) is 0 Å². The van der Waals surface area contributed by atoms with E-state index in [9.17, 15) is 14.4 Å². The molecular formula is C26H33N7O5. The first kappa shape index (κ1) is 27.0. The predicted octanol–water partition coefficient (Wildman–Crippen LogP) is 1.68. The Morgan fingerprint density at radius 3 is 2.66 bits per heavy atom. The quantitative estimate of drug-likeness (QED) is 0.409. The highest BCUT2D eigenvalue weighted by molar-refractivity contribution is 5.95. The van der Waals surface area contributed by atoms with E-state index in [4.69, 9.17) is 14.7 Å². The maximum Gasteiger partial charge on any atom is 0.320 e. The number of anilines is 1. The number of rotatable bonds is 8. The lowest BCUT2D eigenvalue weighted by Crippen LogP contribution is -2.44. The Hall–Kier alpha value is -4.00. The lowest BCUT2D eigenvalue weighted by molar-refractivity contribution is -0.146. The van der Waals surface area contributed by atoms with Crippen LogP contribution >= 0.6 is 0 Å². The Bertz CT molecular complexity index is 1370. The third-order valence-electron chi connectivity index (χ3n) is 6.43. The standard InChI is InChI=1S/C26H33N7O5/c1-16-22(18-13-20(24(34)27-3)25(35)31(4)14-18)30-33(19-9-7-6-8-10-19)23(16)29-26(36)28-21-15-32(11-12-37-5)38-17(21)2/h6-10,13-14,17,21H,11-12,15H2,1-5H3,(H,27,34)(H2,28,29,36)/t17-,21+/m0/s1. The number of para-hydroxylation sites is 1. The average molecular weight is 524 g/mol. The minimum absolute atomic E-state index is 0.00154. The number of carbonyl (C=O) groups is 2. The highest BCUT2D eigenvalue weighted by atomic mass is 16.7. The zero-order valence-corrected chi connectivity index (χ0v) is 22.1. The maximum atomic E-state index is 13.1. The van der Waals surface area contributed by atoms with Gasteiger partial charge in [0.2, 0.25) is 0 Å². The van der Waals surface area contributed by atoms with Crippen molar-refractivity contribution in [2.45, 2.75) is 26.0 Å². The van der Waals surface area contributed by atoms with Gasteiger partial charge in [0.1, 0.15) is 11.4 Å².